The Bertz CT molecular complexity index is 451. The molecule has 4 nitrogen and oxygen atoms in total. The van der Waals surface area contributed by atoms with E-state index in [1.165, 1.54) is 32.2 Å². The number of hydrogen-bond donors (Lipinski definition) is 0. The lowest BCUT2D eigenvalue weighted by Crippen LogP contribution is -2.46. The summed E-state index contributed by atoms with van der Waals surface area (Å²) in [5.41, 5.74) is 0. The van der Waals surface area contributed by atoms with Gasteiger partial charge in [-0.2, -0.15) is 0 Å². The highest BCUT2D eigenvalue weighted by molar-refractivity contribution is 6.29. The maximum Gasteiger partial charge on any atom is 0.134 e. The highest BCUT2D eigenvalue weighted by Crippen LogP contribution is 2.27. The third kappa shape index (κ3) is 2.91. The molecule has 1 atom stereocenters. The molecule has 2 fully saturated rings. The molecule has 2 aliphatic rings. The SMILES string of the molecule is Cc1nc(Cl)cc(N2CCC(N3CCCC3C)CC2)n1. The minimum Gasteiger partial charge on any atom is -0.356 e. The Morgan fingerprint density at radius 3 is 2.50 bits per heavy atom. The van der Waals surface area contributed by atoms with Gasteiger partial charge in [-0.1, -0.05) is 11.6 Å². The first-order chi connectivity index (χ1) is 9.63. The molecule has 0 saturated carbocycles. The van der Waals surface area contributed by atoms with E-state index >= 15 is 0 Å². The molecule has 0 bridgehead atoms. The van der Waals surface area contributed by atoms with Gasteiger partial charge in [-0.15, -0.1) is 0 Å². The highest BCUT2D eigenvalue weighted by Gasteiger charge is 2.30. The van der Waals surface area contributed by atoms with Gasteiger partial charge in [0.15, 0.2) is 0 Å². The van der Waals surface area contributed by atoms with Gasteiger partial charge in [0.2, 0.25) is 0 Å². The number of anilines is 1. The quantitative estimate of drug-likeness (QED) is 0.785. The van der Waals surface area contributed by atoms with E-state index < -0.39 is 0 Å². The molecule has 2 aliphatic heterocycles. The van der Waals surface area contributed by atoms with Crippen molar-refractivity contribution in [3.05, 3.63) is 17.0 Å². The van der Waals surface area contributed by atoms with Crippen LogP contribution in [0.4, 0.5) is 5.82 Å². The summed E-state index contributed by atoms with van der Waals surface area (Å²) in [6, 6.07) is 3.40. The Morgan fingerprint density at radius 1 is 1.15 bits per heavy atom. The molecule has 0 spiro atoms. The van der Waals surface area contributed by atoms with Gasteiger partial charge in [-0.3, -0.25) is 4.90 Å². The van der Waals surface area contributed by atoms with Crippen molar-refractivity contribution in [1.82, 2.24) is 14.9 Å². The van der Waals surface area contributed by atoms with Gasteiger partial charge in [-0.25, -0.2) is 9.97 Å². The minimum absolute atomic E-state index is 0.544. The van der Waals surface area contributed by atoms with E-state index in [1.807, 2.05) is 13.0 Å². The summed E-state index contributed by atoms with van der Waals surface area (Å²) in [6.07, 6.45) is 5.18. The van der Waals surface area contributed by atoms with Crippen molar-refractivity contribution in [2.75, 3.05) is 24.5 Å². The molecule has 110 valence electrons. The molecular weight excluding hydrogens is 272 g/mol. The molecule has 3 rings (SSSR count). The topological polar surface area (TPSA) is 32.3 Å². The van der Waals surface area contributed by atoms with E-state index in [0.29, 0.717) is 5.15 Å². The molecule has 1 unspecified atom stereocenters. The maximum absolute atomic E-state index is 6.03. The van der Waals surface area contributed by atoms with Gasteiger partial charge in [0.05, 0.1) is 0 Å². The maximum atomic E-state index is 6.03. The van der Waals surface area contributed by atoms with E-state index in [-0.39, 0.29) is 0 Å². The Kier molecular flexibility index (Phi) is 4.13. The minimum atomic E-state index is 0.544. The molecule has 0 radical (unpaired) electrons. The first-order valence-corrected chi connectivity index (χ1v) is 8.03. The third-order valence-electron chi connectivity index (χ3n) is 4.66. The average molecular weight is 295 g/mol. The number of piperidine rings is 1. The van der Waals surface area contributed by atoms with E-state index in [9.17, 15) is 0 Å². The summed E-state index contributed by atoms with van der Waals surface area (Å²) < 4.78 is 0. The predicted octanol–water partition coefficient (Wildman–Crippen LogP) is 2.89. The molecular formula is C15H23ClN4. The third-order valence-corrected chi connectivity index (χ3v) is 4.85. The Balaban J connectivity index is 1.63. The van der Waals surface area contributed by atoms with Gasteiger partial charge < -0.3 is 4.90 Å². The van der Waals surface area contributed by atoms with Crippen molar-refractivity contribution in [2.45, 2.75) is 51.6 Å². The van der Waals surface area contributed by atoms with E-state index in [2.05, 4.69) is 26.7 Å². The van der Waals surface area contributed by atoms with Crippen LogP contribution in [0.3, 0.4) is 0 Å². The second kappa shape index (κ2) is 5.86. The Hall–Kier alpha value is -0.870. The van der Waals surface area contributed by atoms with Crippen molar-refractivity contribution in [3.63, 3.8) is 0 Å². The number of hydrogen-bond acceptors (Lipinski definition) is 4. The molecule has 1 aromatic heterocycles. The normalized spacial score (nSPS) is 25.4. The largest absolute Gasteiger partial charge is 0.356 e. The highest BCUT2D eigenvalue weighted by atomic mass is 35.5. The van der Waals surface area contributed by atoms with Crippen molar-refractivity contribution < 1.29 is 0 Å². The second-order valence-corrected chi connectivity index (χ2v) is 6.43. The molecule has 0 N–H and O–H groups in total. The Labute approximate surface area is 126 Å². The number of aromatic nitrogens is 2. The van der Waals surface area contributed by atoms with Crippen LogP contribution in [0.25, 0.3) is 0 Å². The van der Waals surface area contributed by atoms with Crippen molar-refractivity contribution in [3.8, 4) is 0 Å². The van der Waals surface area contributed by atoms with Crippen LogP contribution in [-0.2, 0) is 0 Å². The van der Waals surface area contributed by atoms with Gasteiger partial charge in [0.1, 0.15) is 16.8 Å². The van der Waals surface area contributed by atoms with Crippen molar-refractivity contribution in [2.24, 2.45) is 0 Å². The molecule has 1 aromatic rings. The lowest BCUT2D eigenvalue weighted by atomic mass is 10.0. The van der Waals surface area contributed by atoms with Crippen molar-refractivity contribution in [1.29, 1.82) is 0 Å². The summed E-state index contributed by atoms with van der Waals surface area (Å²) in [4.78, 5) is 13.7. The van der Waals surface area contributed by atoms with Crippen LogP contribution in [0.5, 0.6) is 0 Å². The van der Waals surface area contributed by atoms with E-state index in [1.54, 1.807) is 0 Å². The predicted molar refractivity (Wildman–Crippen MR) is 82.4 cm³/mol. The summed E-state index contributed by atoms with van der Waals surface area (Å²) in [6.45, 7) is 7.69. The van der Waals surface area contributed by atoms with Gasteiger partial charge in [-0.05, 0) is 46.1 Å². The fourth-order valence-electron chi connectivity index (χ4n) is 3.60. The standard InChI is InChI=1S/C15H23ClN4/c1-11-4-3-7-20(11)13-5-8-19(9-6-13)15-10-14(16)17-12(2)18-15/h10-11,13H,3-9H2,1-2H3. The molecule has 2 saturated heterocycles. The van der Waals surface area contributed by atoms with Gasteiger partial charge in [0, 0.05) is 31.2 Å². The van der Waals surface area contributed by atoms with E-state index in [0.717, 1.165) is 36.8 Å². The fraction of sp³-hybridized carbons (Fsp3) is 0.733. The average Bonchev–Trinajstić information content (AvgIpc) is 2.84. The van der Waals surface area contributed by atoms with Gasteiger partial charge in [0.25, 0.3) is 0 Å². The molecule has 5 heteroatoms. The number of aryl methyl sites for hydroxylation is 1. The van der Waals surface area contributed by atoms with Gasteiger partial charge >= 0.3 is 0 Å². The summed E-state index contributed by atoms with van der Waals surface area (Å²) >= 11 is 6.03. The summed E-state index contributed by atoms with van der Waals surface area (Å²) in [7, 11) is 0. The number of halogens is 1. The zero-order chi connectivity index (χ0) is 14.1. The lowest BCUT2D eigenvalue weighted by molar-refractivity contribution is 0.163. The molecule has 20 heavy (non-hydrogen) atoms. The smallest absolute Gasteiger partial charge is 0.134 e. The van der Waals surface area contributed by atoms with Crippen LogP contribution in [-0.4, -0.2) is 46.6 Å². The zero-order valence-electron chi connectivity index (χ0n) is 12.3. The molecule has 0 amide bonds. The van der Waals surface area contributed by atoms with Crippen LogP contribution >= 0.6 is 11.6 Å². The second-order valence-electron chi connectivity index (χ2n) is 6.04. The monoisotopic (exact) mass is 294 g/mol. The summed E-state index contributed by atoms with van der Waals surface area (Å²) in [5.74, 6) is 1.73. The lowest BCUT2D eigenvalue weighted by Gasteiger charge is -2.39. The van der Waals surface area contributed by atoms with Crippen LogP contribution in [0.15, 0.2) is 6.07 Å². The zero-order valence-corrected chi connectivity index (χ0v) is 13.1. The number of likely N-dealkylation sites (tertiary alicyclic amines) is 1. The Morgan fingerprint density at radius 2 is 1.90 bits per heavy atom. The molecule has 0 aromatic carbocycles. The first-order valence-electron chi connectivity index (χ1n) is 7.65. The van der Waals surface area contributed by atoms with Crippen LogP contribution in [0.1, 0.15) is 38.4 Å². The fourth-order valence-corrected chi connectivity index (χ4v) is 3.82. The van der Waals surface area contributed by atoms with Crippen molar-refractivity contribution >= 4 is 17.4 Å². The van der Waals surface area contributed by atoms with Crippen LogP contribution in [0, 0.1) is 6.92 Å². The number of nitrogens with zero attached hydrogens (tertiary/aromatic N) is 4. The molecule has 3 heterocycles. The number of rotatable bonds is 2. The molecule has 0 aliphatic carbocycles. The van der Waals surface area contributed by atoms with Crippen LogP contribution < -0.4 is 4.90 Å². The summed E-state index contributed by atoms with van der Waals surface area (Å²) in [5, 5.41) is 0.544. The van der Waals surface area contributed by atoms with Crippen LogP contribution in [0.2, 0.25) is 5.15 Å². The first kappa shape index (κ1) is 14.1. The van der Waals surface area contributed by atoms with E-state index in [4.69, 9.17) is 11.6 Å².